The highest BCUT2D eigenvalue weighted by atomic mass is 32.1. The first-order chi connectivity index (χ1) is 11.1. The van der Waals surface area contributed by atoms with Crippen molar-refractivity contribution in [2.24, 2.45) is 0 Å². The minimum absolute atomic E-state index is 0.0904. The van der Waals surface area contributed by atoms with Crippen LogP contribution in [-0.4, -0.2) is 19.0 Å². The average Bonchev–Trinajstić information content (AvgIpc) is 2.97. The predicted molar refractivity (Wildman–Crippen MR) is 94.0 cm³/mol. The van der Waals surface area contributed by atoms with Crippen molar-refractivity contribution in [2.45, 2.75) is 33.1 Å². The van der Waals surface area contributed by atoms with Crippen molar-refractivity contribution < 1.29 is 14.3 Å². The number of methoxy groups -OCH3 is 1. The average molecular weight is 331 g/mol. The summed E-state index contributed by atoms with van der Waals surface area (Å²) in [7, 11) is 1.35. The van der Waals surface area contributed by atoms with Gasteiger partial charge in [-0.05, 0) is 24.0 Å². The minimum Gasteiger partial charge on any atom is -0.465 e. The molecule has 122 valence electrons. The molecule has 0 spiro atoms. The number of thiophene rings is 1. The van der Waals surface area contributed by atoms with Crippen LogP contribution >= 0.6 is 11.3 Å². The Labute approximate surface area is 140 Å². The fourth-order valence-electron chi connectivity index (χ4n) is 2.30. The number of aryl methyl sites for hydroxylation is 1. The van der Waals surface area contributed by atoms with Gasteiger partial charge < -0.3 is 10.1 Å². The molecule has 2 aromatic rings. The summed E-state index contributed by atoms with van der Waals surface area (Å²) in [6.45, 7) is 4.04. The second-order valence-electron chi connectivity index (χ2n) is 5.19. The number of hydrogen-bond donors (Lipinski definition) is 1. The highest BCUT2D eigenvalue weighted by Crippen LogP contribution is 2.36. The van der Waals surface area contributed by atoms with Gasteiger partial charge in [-0.25, -0.2) is 4.79 Å². The minimum atomic E-state index is -0.437. The maximum absolute atomic E-state index is 12.2. The van der Waals surface area contributed by atoms with Crippen LogP contribution in [0, 0.1) is 0 Å². The summed E-state index contributed by atoms with van der Waals surface area (Å²) in [5.41, 5.74) is 3.39. The van der Waals surface area contributed by atoms with Gasteiger partial charge in [0.15, 0.2) is 0 Å². The Hall–Kier alpha value is -2.14. The standard InChI is InChI=1S/C18H21NO3S/c1-4-6-15(20)19-17-16(18(21)22-3)14(11-23-17)13-9-7-12(5-2)8-10-13/h7-11H,4-6H2,1-3H3,(H,19,20). The zero-order valence-electron chi connectivity index (χ0n) is 13.6. The maximum atomic E-state index is 12.2. The Balaban J connectivity index is 2.40. The number of carbonyl (C=O) groups excluding carboxylic acids is 2. The first-order valence-corrected chi connectivity index (χ1v) is 8.57. The molecule has 0 aliphatic heterocycles. The van der Waals surface area contributed by atoms with E-state index in [1.54, 1.807) is 0 Å². The maximum Gasteiger partial charge on any atom is 0.341 e. The molecule has 0 aliphatic rings. The molecule has 0 aliphatic carbocycles. The largest absolute Gasteiger partial charge is 0.465 e. The number of rotatable bonds is 6. The first kappa shape index (κ1) is 17.2. The molecule has 0 atom stereocenters. The van der Waals surface area contributed by atoms with Crippen molar-refractivity contribution in [3.63, 3.8) is 0 Å². The van der Waals surface area contributed by atoms with Gasteiger partial charge >= 0.3 is 5.97 Å². The second kappa shape index (κ2) is 7.92. The van der Waals surface area contributed by atoms with E-state index in [2.05, 4.69) is 12.2 Å². The SMILES string of the molecule is CCCC(=O)Nc1scc(-c2ccc(CC)cc2)c1C(=O)OC. The summed E-state index contributed by atoms with van der Waals surface area (Å²) in [6.07, 6.45) is 2.15. The monoisotopic (exact) mass is 331 g/mol. The molecule has 1 aromatic heterocycles. The van der Waals surface area contributed by atoms with Crippen LogP contribution in [0.4, 0.5) is 5.00 Å². The number of ether oxygens (including phenoxy) is 1. The van der Waals surface area contributed by atoms with E-state index in [4.69, 9.17) is 4.74 Å². The molecular formula is C18H21NO3S. The summed E-state index contributed by atoms with van der Waals surface area (Å²) >= 11 is 1.35. The summed E-state index contributed by atoms with van der Waals surface area (Å²) in [5.74, 6) is -0.528. The van der Waals surface area contributed by atoms with Gasteiger partial charge in [0.1, 0.15) is 10.6 Å². The third-order valence-corrected chi connectivity index (χ3v) is 4.48. The number of benzene rings is 1. The molecule has 1 heterocycles. The fourth-order valence-corrected chi connectivity index (χ4v) is 3.28. The quantitative estimate of drug-likeness (QED) is 0.793. The van der Waals surface area contributed by atoms with E-state index < -0.39 is 5.97 Å². The van der Waals surface area contributed by atoms with Crippen molar-refractivity contribution in [2.75, 3.05) is 12.4 Å². The van der Waals surface area contributed by atoms with Gasteiger partial charge in [-0.2, -0.15) is 0 Å². The molecule has 23 heavy (non-hydrogen) atoms. The third kappa shape index (κ3) is 3.99. The van der Waals surface area contributed by atoms with Gasteiger partial charge in [0.2, 0.25) is 5.91 Å². The summed E-state index contributed by atoms with van der Waals surface area (Å²) < 4.78 is 4.90. The normalized spacial score (nSPS) is 10.4. The molecule has 1 N–H and O–H groups in total. The lowest BCUT2D eigenvalue weighted by atomic mass is 10.0. The number of anilines is 1. The molecule has 1 amide bonds. The van der Waals surface area contributed by atoms with E-state index in [1.807, 2.05) is 36.6 Å². The van der Waals surface area contributed by atoms with Crippen LogP contribution in [0.2, 0.25) is 0 Å². The molecule has 0 saturated heterocycles. The van der Waals surface area contributed by atoms with Gasteiger partial charge in [0, 0.05) is 17.4 Å². The zero-order valence-corrected chi connectivity index (χ0v) is 14.5. The van der Waals surface area contributed by atoms with Crippen molar-refractivity contribution in [1.82, 2.24) is 0 Å². The van der Waals surface area contributed by atoms with Crippen LogP contribution in [0.1, 0.15) is 42.6 Å². The topological polar surface area (TPSA) is 55.4 Å². The molecular weight excluding hydrogens is 310 g/mol. The van der Waals surface area contributed by atoms with Crippen molar-refractivity contribution in [3.05, 3.63) is 40.8 Å². The first-order valence-electron chi connectivity index (χ1n) is 7.69. The molecule has 0 saturated carbocycles. The van der Waals surface area contributed by atoms with Crippen molar-refractivity contribution in [3.8, 4) is 11.1 Å². The Kier molecular flexibility index (Phi) is 5.93. The van der Waals surface area contributed by atoms with E-state index in [9.17, 15) is 9.59 Å². The number of amides is 1. The van der Waals surface area contributed by atoms with Crippen LogP contribution in [0.3, 0.4) is 0 Å². The third-order valence-electron chi connectivity index (χ3n) is 3.58. The molecule has 0 unspecified atom stereocenters. The summed E-state index contributed by atoms with van der Waals surface area (Å²) in [5, 5.41) is 5.25. The van der Waals surface area contributed by atoms with E-state index in [-0.39, 0.29) is 5.91 Å². The molecule has 0 fully saturated rings. The van der Waals surface area contributed by atoms with Gasteiger partial charge in [-0.3, -0.25) is 4.79 Å². The van der Waals surface area contributed by atoms with E-state index >= 15 is 0 Å². The lowest BCUT2D eigenvalue weighted by molar-refractivity contribution is -0.116. The number of hydrogen-bond acceptors (Lipinski definition) is 4. The van der Waals surface area contributed by atoms with Crippen LogP contribution in [0.5, 0.6) is 0 Å². The highest BCUT2D eigenvalue weighted by Gasteiger charge is 2.22. The molecule has 1 aromatic carbocycles. The smallest absolute Gasteiger partial charge is 0.341 e. The summed E-state index contributed by atoms with van der Waals surface area (Å²) in [6, 6.07) is 8.07. The molecule has 5 heteroatoms. The number of nitrogens with one attached hydrogen (secondary N) is 1. The van der Waals surface area contributed by atoms with Gasteiger partial charge in [0.05, 0.1) is 7.11 Å². The fraction of sp³-hybridized carbons (Fsp3) is 0.333. The molecule has 2 rings (SSSR count). The lowest BCUT2D eigenvalue weighted by Crippen LogP contribution is -2.13. The van der Waals surface area contributed by atoms with Gasteiger partial charge in [-0.1, -0.05) is 38.1 Å². The molecule has 0 radical (unpaired) electrons. The van der Waals surface area contributed by atoms with Crippen LogP contribution in [0.15, 0.2) is 29.6 Å². The van der Waals surface area contributed by atoms with Crippen molar-refractivity contribution >= 4 is 28.2 Å². The van der Waals surface area contributed by atoms with E-state index in [0.29, 0.717) is 17.0 Å². The van der Waals surface area contributed by atoms with Crippen LogP contribution in [-0.2, 0) is 16.0 Å². The van der Waals surface area contributed by atoms with Gasteiger partial charge in [-0.15, -0.1) is 11.3 Å². The van der Waals surface area contributed by atoms with Crippen LogP contribution in [0.25, 0.3) is 11.1 Å². The predicted octanol–water partition coefficient (Wildman–Crippen LogP) is 4.50. The van der Waals surface area contributed by atoms with Crippen molar-refractivity contribution in [1.29, 1.82) is 0 Å². The van der Waals surface area contributed by atoms with E-state index in [0.717, 1.165) is 24.0 Å². The molecule has 0 bridgehead atoms. The zero-order chi connectivity index (χ0) is 16.8. The highest BCUT2D eigenvalue weighted by molar-refractivity contribution is 7.15. The lowest BCUT2D eigenvalue weighted by Gasteiger charge is -2.08. The summed E-state index contributed by atoms with van der Waals surface area (Å²) in [4.78, 5) is 24.0. The van der Waals surface area contributed by atoms with Crippen LogP contribution < -0.4 is 5.32 Å². The molecule has 4 nitrogen and oxygen atoms in total. The van der Waals surface area contributed by atoms with Gasteiger partial charge in [0.25, 0.3) is 0 Å². The number of esters is 1. The Morgan fingerprint density at radius 2 is 1.87 bits per heavy atom. The second-order valence-corrected chi connectivity index (χ2v) is 6.07. The Bertz CT molecular complexity index is 689. The number of carbonyl (C=O) groups is 2. The van der Waals surface area contributed by atoms with E-state index in [1.165, 1.54) is 24.0 Å². The Morgan fingerprint density at radius 1 is 1.17 bits per heavy atom. The Morgan fingerprint density at radius 3 is 2.43 bits per heavy atom.